The minimum absolute atomic E-state index is 0.0412. The zero-order valence-electron chi connectivity index (χ0n) is 23.5. The minimum Gasteiger partial charge on any atom is -0.371 e. The molecule has 3 N–H and O–H groups in total. The van der Waals surface area contributed by atoms with E-state index in [1.165, 1.54) is 11.0 Å². The largest absolute Gasteiger partial charge is 0.371 e. The maximum absolute atomic E-state index is 14.4. The first-order chi connectivity index (χ1) is 20.0. The van der Waals surface area contributed by atoms with E-state index in [4.69, 9.17) is 16.3 Å². The van der Waals surface area contributed by atoms with Gasteiger partial charge in [-0.15, -0.1) is 0 Å². The van der Waals surface area contributed by atoms with Gasteiger partial charge >= 0.3 is 0 Å². The van der Waals surface area contributed by atoms with Crippen molar-refractivity contribution in [2.45, 2.75) is 63.4 Å². The molecule has 9 nitrogen and oxygen atoms in total. The zero-order chi connectivity index (χ0) is 30.3. The Hall–Kier alpha value is -2.09. The van der Waals surface area contributed by atoms with Crippen LogP contribution in [0.25, 0.3) is 0 Å². The highest BCUT2D eigenvalue weighted by Crippen LogP contribution is 2.26. The van der Waals surface area contributed by atoms with Crippen molar-refractivity contribution in [1.29, 1.82) is 0 Å². The molecule has 0 saturated carbocycles. The number of carbonyl (C=O) groups is 2. The van der Waals surface area contributed by atoms with E-state index < -0.39 is 45.8 Å². The Labute approximate surface area is 260 Å². The number of rotatable bonds is 12. The van der Waals surface area contributed by atoms with Gasteiger partial charge in [-0.3, -0.25) is 9.59 Å². The maximum atomic E-state index is 14.4. The van der Waals surface area contributed by atoms with Crippen molar-refractivity contribution < 1.29 is 27.1 Å². The Morgan fingerprint density at radius 1 is 1.19 bits per heavy atom. The van der Waals surface area contributed by atoms with Crippen molar-refractivity contribution in [3.8, 4) is 0 Å². The molecule has 2 fully saturated rings. The van der Waals surface area contributed by atoms with Crippen LogP contribution in [-0.4, -0.2) is 69.2 Å². The fourth-order valence-electron chi connectivity index (χ4n) is 5.46. The van der Waals surface area contributed by atoms with Gasteiger partial charge < -0.3 is 20.3 Å². The SMILES string of the molecule is CS(=O)(=O)N[C@H](CCC1CCNCC1)C(=O)N1C[C@H](OCc2ccc(Br)cc2F)C[C@H]1C(=O)NCc1ccccc1Cl. The van der Waals surface area contributed by atoms with Gasteiger partial charge in [-0.05, 0) is 68.5 Å². The van der Waals surface area contributed by atoms with Crippen LogP contribution in [0, 0.1) is 11.7 Å². The molecule has 3 atom stereocenters. The molecule has 0 unspecified atom stereocenters. The van der Waals surface area contributed by atoms with Gasteiger partial charge in [0, 0.05) is 34.6 Å². The second kappa shape index (κ2) is 15.1. The molecular weight excluding hydrogens is 651 g/mol. The number of sulfonamides is 1. The Morgan fingerprint density at radius 2 is 1.93 bits per heavy atom. The van der Waals surface area contributed by atoms with Crippen molar-refractivity contribution in [3.63, 3.8) is 0 Å². The molecule has 0 aliphatic carbocycles. The average Bonchev–Trinajstić information content (AvgIpc) is 3.38. The molecule has 2 amide bonds. The Balaban J connectivity index is 1.50. The predicted molar refractivity (Wildman–Crippen MR) is 163 cm³/mol. The lowest BCUT2D eigenvalue weighted by Crippen LogP contribution is -2.53. The molecule has 0 spiro atoms. The number of nitrogens with one attached hydrogen (secondary N) is 3. The number of amides is 2. The highest BCUT2D eigenvalue weighted by Gasteiger charge is 2.42. The number of likely N-dealkylation sites (tertiary alicyclic amines) is 1. The summed E-state index contributed by atoms with van der Waals surface area (Å²) < 4.78 is 48.0. The number of benzene rings is 2. The van der Waals surface area contributed by atoms with Crippen molar-refractivity contribution in [3.05, 3.63) is 68.9 Å². The number of ether oxygens (including phenoxy) is 1. The van der Waals surface area contributed by atoms with Crippen molar-refractivity contribution >= 4 is 49.4 Å². The van der Waals surface area contributed by atoms with E-state index in [0.29, 0.717) is 33.8 Å². The van der Waals surface area contributed by atoms with Crippen LogP contribution in [0.1, 0.15) is 43.2 Å². The molecule has 4 rings (SSSR count). The number of piperidine rings is 1. The van der Waals surface area contributed by atoms with Gasteiger partial charge in [-0.25, -0.2) is 17.5 Å². The molecule has 2 aliphatic heterocycles. The van der Waals surface area contributed by atoms with Crippen molar-refractivity contribution in [2.24, 2.45) is 5.92 Å². The van der Waals surface area contributed by atoms with Crippen LogP contribution < -0.4 is 15.4 Å². The fourth-order valence-corrected chi connectivity index (χ4v) is 6.73. The topological polar surface area (TPSA) is 117 Å². The van der Waals surface area contributed by atoms with Gasteiger partial charge in [0.1, 0.15) is 17.9 Å². The third-order valence-corrected chi connectivity index (χ3v) is 9.30. The quantitative estimate of drug-likeness (QED) is 0.313. The first-order valence-corrected chi connectivity index (χ1v) is 17.1. The van der Waals surface area contributed by atoms with E-state index in [1.807, 2.05) is 6.07 Å². The van der Waals surface area contributed by atoms with Gasteiger partial charge in [-0.2, -0.15) is 0 Å². The lowest BCUT2D eigenvalue weighted by Gasteiger charge is -2.30. The standard InChI is InChI=1S/C29H37BrClFN4O5S/c1-42(39,40)35-26(9-6-19-10-12-33-13-11-19)29(38)36-17-23(41-18-21-7-8-22(30)14-25(21)32)15-27(36)28(37)34-16-20-4-2-3-5-24(20)31/h2-5,7-8,14,19,23,26-27,33,35H,6,9-13,15-18H2,1H3,(H,34,37)/t23-,26-,27+/m1/s1. The van der Waals surface area contributed by atoms with E-state index in [-0.39, 0.29) is 26.1 Å². The molecular formula is C29H37BrClFN4O5S. The van der Waals surface area contributed by atoms with Crippen LogP contribution in [0.4, 0.5) is 4.39 Å². The molecule has 2 saturated heterocycles. The highest BCUT2D eigenvalue weighted by atomic mass is 79.9. The van der Waals surface area contributed by atoms with Crippen LogP contribution in [-0.2, 0) is 37.5 Å². The molecule has 230 valence electrons. The summed E-state index contributed by atoms with van der Waals surface area (Å²) >= 11 is 9.49. The second-order valence-corrected chi connectivity index (χ2v) is 14.0. The van der Waals surface area contributed by atoms with Crippen molar-refractivity contribution in [2.75, 3.05) is 25.9 Å². The molecule has 13 heteroatoms. The summed E-state index contributed by atoms with van der Waals surface area (Å²) in [6.45, 7) is 1.96. The minimum atomic E-state index is -3.71. The molecule has 0 radical (unpaired) electrons. The maximum Gasteiger partial charge on any atom is 0.243 e. The van der Waals surface area contributed by atoms with E-state index in [2.05, 4.69) is 31.3 Å². The van der Waals surface area contributed by atoms with Crippen LogP contribution in [0.2, 0.25) is 5.02 Å². The lowest BCUT2D eigenvalue weighted by molar-refractivity contribution is -0.140. The number of carbonyl (C=O) groups excluding carboxylic acids is 2. The zero-order valence-corrected chi connectivity index (χ0v) is 26.6. The third-order valence-electron chi connectivity index (χ3n) is 7.73. The van der Waals surface area contributed by atoms with Crippen LogP contribution in [0.3, 0.4) is 0 Å². The second-order valence-electron chi connectivity index (χ2n) is 10.9. The third kappa shape index (κ3) is 9.45. The van der Waals surface area contributed by atoms with E-state index in [0.717, 1.165) is 37.8 Å². The highest BCUT2D eigenvalue weighted by molar-refractivity contribution is 9.10. The molecule has 0 bridgehead atoms. The lowest BCUT2D eigenvalue weighted by atomic mass is 9.91. The monoisotopic (exact) mass is 686 g/mol. The summed E-state index contributed by atoms with van der Waals surface area (Å²) in [7, 11) is -3.71. The summed E-state index contributed by atoms with van der Waals surface area (Å²) in [4.78, 5) is 28.8. The first kappa shape index (κ1) is 32.8. The first-order valence-electron chi connectivity index (χ1n) is 14.1. The van der Waals surface area contributed by atoms with Gasteiger partial charge in [-0.1, -0.05) is 51.8 Å². The van der Waals surface area contributed by atoms with E-state index >= 15 is 0 Å². The summed E-state index contributed by atoms with van der Waals surface area (Å²) in [5, 5.41) is 6.68. The van der Waals surface area contributed by atoms with Crippen LogP contribution in [0.15, 0.2) is 46.9 Å². The van der Waals surface area contributed by atoms with Crippen molar-refractivity contribution in [1.82, 2.24) is 20.3 Å². The molecule has 2 heterocycles. The molecule has 0 aromatic heterocycles. The molecule has 42 heavy (non-hydrogen) atoms. The summed E-state index contributed by atoms with van der Waals surface area (Å²) in [5.41, 5.74) is 1.07. The predicted octanol–water partition coefficient (Wildman–Crippen LogP) is 3.74. The van der Waals surface area contributed by atoms with Gasteiger partial charge in [0.25, 0.3) is 0 Å². The number of nitrogens with zero attached hydrogens (tertiary/aromatic N) is 1. The Bertz CT molecular complexity index is 1360. The summed E-state index contributed by atoms with van der Waals surface area (Å²) in [6.07, 6.45) is 3.55. The summed E-state index contributed by atoms with van der Waals surface area (Å²) in [6, 6.07) is 9.87. The Morgan fingerprint density at radius 3 is 2.62 bits per heavy atom. The number of hydrogen-bond acceptors (Lipinski definition) is 6. The van der Waals surface area contributed by atoms with Gasteiger partial charge in [0.15, 0.2) is 0 Å². The van der Waals surface area contributed by atoms with E-state index in [1.54, 1.807) is 30.3 Å². The van der Waals surface area contributed by atoms with Gasteiger partial charge in [0.2, 0.25) is 21.8 Å². The molecule has 2 aliphatic rings. The van der Waals surface area contributed by atoms with E-state index in [9.17, 15) is 22.4 Å². The Kier molecular flexibility index (Phi) is 11.8. The normalized spacial score (nSPS) is 20.4. The average molecular weight is 688 g/mol. The number of hydrogen-bond donors (Lipinski definition) is 3. The summed E-state index contributed by atoms with van der Waals surface area (Å²) in [5.74, 6) is -0.929. The molecule has 2 aromatic rings. The smallest absolute Gasteiger partial charge is 0.243 e. The van der Waals surface area contributed by atoms with Gasteiger partial charge in [0.05, 0.1) is 19.0 Å². The molecule has 2 aromatic carbocycles. The van der Waals surface area contributed by atoms with Crippen LogP contribution in [0.5, 0.6) is 0 Å². The number of halogens is 3. The fraction of sp³-hybridized carbons (Fsp3) is 0.517. The van der Waals surface area contributed by atoms with Crippen LogP contribution >= 0.6 is 27.5 Å².